The highest BCUT2D eigenvalue weighted by Gasteiger charge is 2.54. The fraction of sp³-hybridized carbons (Fsp3) is 0.556. The van der Waals surface area contributed by atoms with Gasteiger partial charge in [0.15, 0.2) is 0 Å². The summed E-state index contributed by atoms with van der Waals surface area (Å²) >= 11 is 1.74. The highest BCUT2D eigenvalue weighted by Crippen LogP contribution is 2.48. The van der Waals surface area contributed by atoms with Gasteiger partial charge in [-0.25, -0.2) is 0 Å². The predicted molar refractivity (Wildman–Crippen MR) is 94.4 cm³/mol. The lowest BCUT2D eigenvalue weighted by Gasteiger charge is -2.36. The summed E-state index contributed by atoms with van der Waals surface area (Å²) in [7, 11) is 1.64. The highest BCUT2D eigenvalue weighted by molar-refractivity contribution is 8.01. The predicted octanol–water partition coefficient (Wildman–Crippen LogP) is 2.43. The van der Waals surface area contributed by atoms with Crippen LogP contribution in [0.4, 0.5) is 5.69 Å². The molecule has 2 fully saturated rings. The maximum absolute atomic E-state index is 13.3. The lowest BCUT2D eigenvalue weighted by molar-refractivity contribution is -0.136. The normalized spacial score (nSPS) is 28.8. The molecule has 6 heteroatoms. The van der Waals surface area contributed by atoms with Crippen molar-refractivity contribution in [2.24, 2.45) is 0 Å². The molecule has 3 aliphatic rings. The van der Waals surface area contributed by atoms with E-state index >= 15 is 0 Å². The van der Waals surface area contributed by atoms with Crippen LogP contribution in [-0.4, -0.2) is 47.0 Å². The summed E-state index contributed by atoms with van der Waals surface area (Å²) in [6.07, 6.45) is 3.28. The van der Waals surface area contributed by atoms with Crippen LogP contribution in [0.25, 0.3) is 0 Å². The molecule has 4 rings (SSSR count). The van der Waals surface area contributed by atoms with Crippen LogP contribution in [0.5, 0.6) is 5.75 Å². The maximum atomic E-state index is 13.3. The fourth-order valence-electron chi connectivity index (χ4n) is 4.18. The van der Waals surface area contributed by atoms with E-state index in [1.54, 1.807) is 18.9 Å². The molecular weight excluding hydrogens is 324 g/mol. The SMILES string of the molecule is COc1cccc2c1N(C(=O)C1CSC3(C)CCC(=O)N13)CCC2. The maximum Gasteiger partial charge on any atom is 0.250 e. The number of amides is 2. The molecular formula is C18H22N2O3S. The number of methoxy groups -OCH3 is 1. The molecule has 1 aromatic rings. The number of benzene rings is 1. The van der Waals surface area contributed by atoms with Gasteiger partial charge in [0.1, 0.15) is 11.8 Å². The molecule has 0 radical (unpaired) electrons. The van der Waals surface area contributed by atoms with Crippen molar-refractivity contribution in [3.8, 4) is 5.75 Å². The van der Waals surface area contributed by atoms with Crippen LogP contribution in [0, 0.1) is 0 Å². The zero-order valence-electron chi connectivity index (χ0n) is 14.1. The van der Waals surface area contributed by atoms with Crippen molar-refractivity contribution in [1.82, 2.24) is 4.90 Å². The average Bonchev–Trinajstić information content (AvgIpc) is 3.09. The molecule has 2 saturated heterocycles. The van der Waals surface area contributed by atoms with Gasteiger partial charge < -0.3 is 14.5 Å². The monoisotopic (exact) mass is 346 g/mol. The van der Waals surface area contributed by atoms with Crippen LogP contribution < -0.4 is 9.64 Å². The molecule has 2 atom stereocenters. The minimum Gasteiger partial charge on any atom is -0.495 e. The van der Waals surface area contributed by atoms with E-state index in [1.807, 2.05) is 21.9 Å². The molecule has 1 aromatic carbocycles. The Hall–Kier alpha value is -1.69. The first-order valence-electron chi connectivity index (χ1n) is 8.48. The van der Waals surface area contributed by atoms with Gasteiger partial charge >= 0.3 is 0 Å². The van der Waals surface area contributed by atoms with E-state index in [0.717, 1.165) is 36.3 Å². The van der Waals surface area contributed by atoms with E-state index in [2.05, 4.69) is 13.0 Å². The Bertz CT molecular complexity index is 693. The Morgan fingerprint density at radius 2 is 2.21 bits per heavy atom. The average molecular weight is 346 g/mol. The summed E-state index contributed by atoms with van der Waals surface area (Å²) in [5.74, 6) is 1.56. The van der Waals surface area contributed by atoms with Gasteiger partial charge in [-0.1, -0.05) is 12.1 Å². The lowest BCUT2D eigenvalue weighted by atomic mass is 10.00. The van der Waals surface area contributed by atoms with Crippen molar-refractivity contribution in [2.45, 2.75) is 43.5 Å². The van der Waals surface area contributed by atoms with E-state index < -0.39 is 0 Å². The second-order valence-electron chi connectivity index (χ2n) is 6.83. The molecule has 3 aliphatic heterocycles. The van der Waals surface area contributed by atoms with E-state index in [-0.39, 0.29) is 22.7 Å². The summed E-state index contributed by atoms with van der Waals surface area (Å²) in [4.78, 5) is 29.1. The van der Waals surface area contributed by atoms with Crippen molar-refractivity contribution in [1.29, 1.82) is 0 Å². The molecule has 2 unspecified atom stereocenters. The van der Waals surface area contributed by atoms with E-state index in [0.29, 0.717) is 18.7 Å². The number of hydrogen-bond donors (Lipinski definition) is 0. The minimum absolute atomic E-state index is 0.0342. The number of thioether (sulfide) groups is 1. The minimum atomic E-state index is -0.356. The molecule has 0 spiro atoms. The molecule has 0 bridgehead atoms. The topological polar surface area (TPSA) is 49.9 Å². The third kappa shape index (κ3) is 2.23. The molecule has 0 aliphatic carbocycles. The van der Waals surface area contributed by atoms with Crippen LogP contribution in [0.2, 0.25) is 0 Å². The number of carbonyl (C=O) groups excluding carboxylic acids is 2. The van der Waals surface area contributed by atoms with Crippen molar-refractivity contribution < 1.29 is 14.3 Å². The van der Waals surface area contributed by atoms with Crippen molar-refractivity contribution >= 4 is 29.3 Å². The first-order valence-corrected chi connectivity index (χ1v) is 9.47. The first kappa shape index (κ1) is 15.8. The summed E-state index contributed by atoms with van der Waals surface area (Å²) in [5.41, 5.74) is 2.04. The molecule has 5 nitrogen and oxygen atoms in total. The Morgan fingerprint density at radius 1 is 1.38 bits per heavy atom. The van der Waals surface area contributed by atoms with Gasteiger partial charge in [0.25, 0.3) is 5.91 Å². The van der Waals surface area contributed by atoms with Gasteiger partial charge in [-0.2, -0.15) is 0 Å². The summed E-state index contributed by atoms with van der Waals surface area (Å²) < 4.78 is 5.50. The van der Waals surface area contributed by atoms with Gasteiger partial charge in [-0.3, -0.25) is 9.59 Å². The number of anilines is 1. The summed E-state index contributed by atoms with van der Waals surface area (Å²) in [6, 6.07) is 5.58. The van der Waals surface area contributed by atoms with Crippen molar-refractivity contribution in [3.63, 3.8) is 0 Å². The molecule has 0 N–H and O–H groups in total. The second kappa shape index (κ2) is 5.69. The number of fused-ring (bicyclic) bond motifs is 2. The highest BCUT2D eigenvalue weighted by atomic mass is 32.2. The lowest BCUT2D eigenvalue weighted by Crippen LogP contribution is -2.52. The van der Waals surface area contributed by atoms with Crippen LogP contribution >= 0.6 is 11.8 Å². The third-order valence-electron chi connectivity index (χ3n) is 5.40. The zero-order valence-corrected chi connectivity index (χ0v) is 14.9. The smallest absolute Gasteiger partial charge is 0.250 e. The number of ether oxygens (including phenoxy) is 1. The fourth-order valence-corrected chi connectivity index (χ4v) is 5.61. The van der Waals surface area contributed by atoms with Gasteiger partial charge in [0.05, 0.1) is 17.7 Å². The van der Waals surface area contributed by atoms with Gasteiger partial charge in [0, 0.05) is 18.7 Å². The second-order valence-corrected chi connectivity index (χ2v) is 8.33. The molecule has 0 aromatic heterocycles. The molecule has 24 heavy (non-hydrogen) atoms. The first-order chi connectivity index (χ1) is 11.5. The summed E-state index contributed by atoms with van der Waals surface area (Å²) in [6.45, 7) is 2.77. The zero-order chi connectivity index (χ0) is 16.9. The molecule has 128 valence electrons. The third-order valence-corrected chi connectivity index (χ3v) is 6.90. The van der Waals surface area contributed by atoms with Crippen LogP contribution in [0.15, 0.2) is 18.2 Å². The summed E-state index contributed by atoms with van der Waals surface area (Å²) in [5, 5.41) is 0. The number of carbonyl (C=O) groups is 2. The van der Waals surface area contributed by atoms with Crippen LogP contribution in [-0.2, 0) is 16.0 Å². The quantitative estimate of drug-likeness (QED) is 0.825. The number of nitrogens with zero attached hydrogens (tertiary/aromatic N) is 2. The van der Waals surface area contributed by atoms with Crippen molar-refractivity contribution in [3.05, 3.63) is 23.8 Å². The number of aryl methyl sites for hydroxylation is 1. The Kier molecular flexibility index (Phi) is 3.75. The molecule has 3 heterocycles. The number of hydrogen-bond acceptors (Lipinski definition) is 4. The van der Waals surface area contributed by atoms with Gasteiger partial charge in [-0.15, -0.1) is 11.8 Å². The van der Waals surface area contributed by atoms with Crippen LogP contribution in [0.1, 0.15) is 31.7 Å². The number of rotatable bonds is 2. The van der Waals surface area contributed by atoms with Crippen molar-refractivity contribution in [2.75, 3.05) is 24.3 Å². The Morgan fingerprint density at radius 3 is 3.00 bits per heavy atom. The largest absolute Gasteiger partial charge is 0.495 e. The standard InChI is InChI=1S/C18H22N2O3S/c1-18-9-8-15(21)20(18)13(11-24-18)17(22)19-10-4-6-12-5-3-7-14(23-2)16(12)19/h3,5,7,13H,4,6,8-11H2,1-2H3. The van der Waals surface area contributed by atoms with E-state index in [4.69, 9.17) is 4.74 Å². The molecule has 2 amide bonds. The Labute approximate surface area is 146 Å². The van der Waals surface area contributed by atoms with Gasteiger partial charge in [-0.05, 0) is 37.8 Å². The van der Waals surface area contributed by atoms with Crippen LogP contribution in [0.3, 0.4) is 0 Å². The van der Waals surface area contributed by atoms with E-state index in [9.17, 15) is 9.59 Å². The van der Waals surface area contributed by atoms with Gasteiger partial charge in [0.2, 0.25) is 5.91 Å². The van der Waals surface area contributed by atoms with E-state index in [1.165, 1.54) is 0 Å². The molecule has 0 saturated carbocycles. The Balaban J connectivity index is 1.69. The number of para-hydroxylation sites is 1.